The molecule has 25 heavy (non-hydrogen) atoms. The highest BCUT2D eigenvalue weighted by Crippen LogP contribution is 2.52. The molecule has 1 saturated carbocycles. The van der Waals surface area contributed by atoms with Crippen molar-refractivity contribution >= 4 is 45.7 Å². The van der Waals surface area contributed by atoms with Crippen molar-refractivity contribution < 1.29 is 17.6 Å². The molecule has 0 radical (unpaired) electrons. The van der Waals surface area contributed by atoms with Gasteiger partial charge in [-0.15, -0.1) is 0 Å². The van der Waals surface area contributed by atoms with Crippen molar-refractivity contribution in [3.8, 4) is 0 Å². The van der Waals surface area contributed by atoms with E-state index in [9.17, 15) is 17.6 Å². The maximum Gasteiger partial charge on any atom is 0.446 e. The number of thioether (sulfide) groups is 1. The summed E-state index contributed by atoms with van der Waals surface area (Å²) in [6.07, 6.45) is -0.303. The first kappa shape index (κ1) is 17.7. The second kappa shape index (κ2) is 5.88. The molecule has 0 aromatic carbocycles. The Hall–Kier alpha value is -0.750. The van der Waals surface area contributed by atoms with E-state index in [1.807, 2.05) is 11.9 Å². The van der Waals surface area contributed by atoms with E-state index in [1.165, 1.54) is 4.52 Å². The number of fused-ring (bicyclic) bond motifs is 2. The van der Waals surface area contributed by atoms with E-state index in [-0.39, 0.29) is 26.3 Å². The van der Waals surface area contributed by atoms with Crippen molar-refractivity contribution in [3.63, 3.8) is 0 Å². The minimum atomic E-state index is -4.38. The molecule has 4 rings (SSSR count). The molecule has 4 nitrogen and oxygen atoms in total. The van der Waals surface area contributed by atoms with Gasteiger partial charge in [-0.3, -0.25) is 0 Å². The first-order valence-electron chi connectivity index (χ1n) is 7.73. The number of pyridine rings is 1. The van der Waals surface area contributed by atoms with Gasteiger partial charge in [-0.05, 0) is 65.9 Å². The summed E-state index contributed by atoms with van der Waals surface area (Å²) in [7, 11) is 1.89. The van der Waals surface area contributed by atoms with Crippen LogP contribution in [0.15, 0.2) is 23.1 Å². The SMILES string of the molecule is CN1C[C@H]2C[C@@]2(Nc2cccc3c(SC(F)(F)F)c(I)nn23)[C@@H](F)C1. The molecule has 1 saturated heterocycles. The minimum absolute atomic E-state index is 0.0711. The van der Waals surface area contributed by atoms with Crippen LogP contribution in [0.25, 0.3) is 5.52 Å². The second-order valence-corrected chi connectivity index (χ2v) is 8.73. The highest BCUT2D eigenvalue weighted by Gasteiger charge is 2.62. The second-order valence-electron chi connectivity index (χ2n) is 6.63. The largest absolute Gasteiger partial charge is 0.446 e. The van der Waals surface area contributed by atoms with E-state index in [4.69, 9.17) is 0 Å². The Morgan fingerprint density at radius 2 is 2.12 bits per heavy atom. The number of likely N-dealkylation sites (tertiary alicyclic amines) is 1. The minimum Gasteiger partial charge on any atom is -0.361 e. The third kappa shape index (κ3) is 3.09. The lowest BCUT2D eigenvalue weighted by Crippen LogP contribution is -2.48. The summed E-state index contributed by atoms with van der Waals surface area (Å²) in [5.74, 6) is 0.731. The Labute approximate surface area is 159 Å². The van der Waals surface area contributed by atoms with Crippen molar-refractivity contribution in [1.29, 1.82) is 0 Å². The van der Waals surface area contributed by atoms with Gasteiger partial charge in [0.15, 0.2) is 0 Å². The van der Waals surface area contributed by atoms with Crippen LogP contribution in [0.2, 0.25) is 0 Å². The van der Waals surface area contributed by atoms with Crippen molar-refractivity contribution in [2.24, 2.45) is 5.92 Å². The van der Waals surface area contributed by atoms with Crippen molar-refractivity contribution in [3.05, 3.63) is 21.9 Å². The quantitative estimate of drug-likeness (QED) is 0.404. The number of anilines is 1. The lowest BCUT2D eigenvalue weighted by atomic mass is 10.0. The summed E-state index contributed by atoms with van der Waals surface area (Å²) < 4.78 is 54.8. The van der Waals surface area contributed by atoms with Gasteiger partial charge in [-0.1, -0.05) is 6.07 Å². The topological polar surface area (TPSA) is 32.6 Å². The molecule has 2 aromatic heterocycles. The summed E-state index contributed by atoms with van der Waals surface area (Å²) in [4.78, 5) is 2.04. The molecule has 136 valence electrons. The zero-order valence-corrected chi connectivity index (χ0v) is 16.1. The molecule has 10 heteroatoms. The van der Waals surface area contributed by atoms with Crippen LogP contribution in [0.3, 0.4) is 0 Å². The number of hydrogen-bond acceptors (Lipinski definition) is 4. The normalized spacial score (nSPS) is 29.7. The molecule has 0 bridgehead atoms. The van der Waals surface area contributed by atoms with E-state index in [0.29, 0.717) is 17.9 Å². The first-order valence-corrected chi connectivity index (χ1v) is 9.63. The number of alkyl halides is 4. The van der Waals surface area contributed by atoms with Crippen molar-refractivity contribution in [1.82, 2.24) is 14.5 Å². The molecule has 2 fully saturated rings. The highest BCUT2D eigenvalue weighted by atomic mass is 127. The molecule has 3 heterocycles. The van der Waals surface area contributed by atoms with Gasteiger partial charge in [0.1, 0.15) is 15.7 Å². The fourth-order valence-corrected chi connectivity index (χ4v) is 5.08. The Morgan fingerprint density at radius 3 is 2.80 bits per heavy atom. The lowest BCUT2D eigenvalue weighted by molar-refractivity contribution is -0.0328. The zero-order chi connectivity index (χ0) is 18.0. The number of hydrogen-bond donors (Lipinski definition) is 1. The van der Waals surface area contributed by atoms with Crippen LogP contribution >= 0.6 is 34.4 Å². The van der Waals surface area contributed by atoms with Gasteiger partial charge < -0.3 is 10.2 Å². The van der Waals surface area contributed by atoms with Crippen LogP contribution in [0.5, 0.6) is 0 Å². The van der Waals surface area contributed by atoms with Gasteiger partial charge in [0.2, 0.25) is 0 Å². The molecule has 0 amide bonds. The number of aromatic nitrogens is 2. The van der Waals surface area contributed by atoms with Crippen LogP contribution < -0.4 is 5.32 Å². The molecule has 2 aliphatic rings. The number of nitrogens with zero attached hydrogens (tertiary/aromatic N) is 3. The van der Waals surface area contributed by atoms with Gasteiger partial charge in [-0.2, -0.15) is 18.3 Å². The summed E-state index contributed by atoms with van der Waals surface area (Å²) in [5.41, 5.74) is -4.64. The number of halogens is 5. The number of rotatable bonds is 3. The van der Waals surface area contributed by atoms with Crippen LogP contribution in [0, 0.1) is 9.62 Å². The average molecular weight is 486 g/mol. The zero-order valence-electron chi connectivity index (χ0n) is 13.1. The summed E-state index contributed by atoms with van der Waals surface area (Å²) in [5, 5.41) is 7.49. The van der Waals surface area contributed by atoms with Gasteiger partial charge in [0.05, 0.1) is 16.0 Å². The first-order chi connectivity index (χ1) is 11.7. The molecule has 1 aliphatic heterocycles. The average Bonchev–Trinajstić information content (AvgIpc) is 3.11. The summed E-state index contributed by atoms with van der Waals surface area (Å²) in [6.45, 7) is 1.17. The number of piperidine rings is 1. The standard InChI is InChI=1S/C15H15F4IN4S/c1-23-6-8-5-14(8,10(16)7-23)21-11-4-2-3-9-12(25-15(17,18)19)13(20)22-24(9)11/h2-4,8,10,21H,5-7H2,1H3/t8-,10+,14+/m1/s1. The molecule has 0 spiro atoms. The Kier molecular flexibility index (Phi) is 4.15. The maximum atomic E-state index is 14.6. The summed E-state index contributed by atoms with van der Waals surface area (Å²) in [6, 6.07) is 5.00. The molecular weight excluding hydrogens is 471 g/mol. The Balaban J connectivity index is 1.69. The maximum absolute atomic E-state index is 14.6. The van der Waals surface area contributed by atoms with Crippen molar-refractivity contribution in [2.45, 2.75) is 28.5 Å². The fourth-order valence-electron chi connectivity index (χ4n) is 3.64. The molecule has 0 unspecified atom stereocenters. The Morgan fingerprint density at radius 1 is 1.36 bits per heavy atom. The molecule has 1 aliphatic carbocycles. The van der Waals surface area contributed by atoms with Crippen LogP contribution in [-0.4, -0.2) is 51.9 Å². The van der Waals surface area contributed by atoms with Gasteiger partial charge in [0, 0.05) is 13.1 Å². The van der Waals surface area contributed by atoms with Crippen LogP contribution in [0.4, 0.5) is 23.4 Å². The fraction of sp³-hybridized carbons (Fsp3) is 0.533. The molecular formula is C15H15F4IN4S. The van der Waals surface area contributed by atoms with E-state index in [2.05, 4.69) is 10.4 Å². The predicted molar refractivity (Wildman–Crippen MR) is 96.7 cm³/mol. The molecule has 3 atom stereocenters. The van der Waals surface area contributed by atoms with E-state index in [1.54, 1.807) is 40.8 Å². The van der Waals surface area contributed by atoms with E-state index in [0.717, 1.165) is 13.0 Å². The van der Waals surface area contributed by atoms with Gasteiger partial charge >= 0.3 is 5.51 Å². The summed E-state index contributed by atoms with van der Waals surface area (Å²) >= 11 is 1.63. The highest BCUT2D eigenvalue weighted by molar-refractivity contribution is 14.1. The third-order valence-corrected chi connectivity index (χ3v) is 6.83. The molecule has 2 aromatic rings. The van der Waals surface area contributed by atoms with Gasteiger partial charge in [-0.25, -0.2) is 8.91 Å². The smallest absolute Gasteiger partial charge is 0.361 e. The van der Waals surface area contributed by atoms with Crippen LogP contribution in [0.1, 0.15) is 6.42 Å². The van der Waals surface area contributed by atoms with Crippen molar-refractivity contribution in [2.75, 3.05) is 25.5 Å². The Bertz CT molecular complexity index is 826. The predicted octanol–water partition coefficient (Wildman–Crippen LogP) is 4.00. The van der Waals surface area contributed by atoms with Gasteiger partial charge in [0.25, 0.3) is 0 Å². The van der Waals surface area contributed by atoms with E-state index >= 15 is 0 Å². The third-order valence-electron chi connectivity index (χ3n) is 4.87. The monoisotopic (exact) mass is 486 g/mol. The number of nitrogens with one attached hydrogen (secondary N) is 1. The van der Waals surface area contributed by atoms with E-state index < -0.39 is 17.2 Å². The lowest BCUT2D eigenvalue weighted by Gasteiger charge is -2.33. The molecule has 1 N–H and O–H groups in total. The van der Waals surface area contributed by atoms with Crippen LogP contribution in [-0.2, 0) is 0 Å².